The van der Waals surface area contributed by atoms with E-state index in [0.717, 1.165) is 55.3 Å². The van der Waals surface area contributed by atoms with Gasteiger partial charge in [-0.05, 0) is 49.6 Å². The molecule has 6 nitrogen and oxygen atoms in total. The van der Waals surface area contributed by atoms with Gasteiger partial charge in [0, 0.05) is 42.3 Å². The van der Waals surface area contributed by atoms with Gasteiger partial charge in [0.25, 0.3) is 0 Å². The van der Waals surface area contributed by atoms with E-state index in [-0.39, 0.29) is 0 Å². The quantitative estimate of drug-likeness (QED) is 0.332. The summed E-state index contributed by atoms with van der Waals surface area (Å²) < 4.78 is 2.00. The van der Waals surface area contributed by atoms with Gasteiger partial charge in [0.05, 0.1) is 0 Å². The van der Waals surface area contributed by atoms with Crippen molar-refractivity contribution < 1.29 is 0 Å². The third-order valence-corrected chi connectivity index (χ3v) is 4.85. The number of halogens is 2. The standard InChI is InChI=1S/C20H24Cl2N6/c1-2-23-20(24-11-5-6-15-8-9-16(21)14-17(15)22)25-12-10-19-27-26-18-7-3-4-13-28(18)19/h3-4,7-9,13-14H,2,5-6,10-12H2,1H3,(H2,23,24,25). The zero-order chi connectivity index (χ0) is 19.8. The number of guanidine groups is 1. The molecule has 2 N–H and O–H groups in total. The van der Waals surface area contributed by atoms with E-state index in [1.807, 2.05) is 40.9 Å². The molecular weight excluding hydrogens is 395 g/mol. The van der Waals surface area contributed by atoms with E-state index in [1.54, 1.807) is 6.07 Å². The molecule has 0 spiro atoms. The van der Waals surface area contributed by atoms with Gasteiger partial charge < -0.3 is 10.6 Å². The fourth-order valence-electron chi connectivity index (χ4n) is 2.88. The summed E-state index contributed by atoms with van der Waals surface area (Å²) in [4.78, 5) is 4.64. The molecular formula is C20H24Cl2N6. The average molecular weight is 419 g/mol. The molecule has 148 valence electrons. The van der Waals surface area contributed by atoms with Crippen LogP contribution in [0.3, 0.4) is 0 Å². The van der Waals surface area contributed by atoms with Crippen LogP contribution in [0.4, 0.5) is 0 Å². The first-order valence-corrected chi connectivity index (χ1v) is 10.2. The number of nitrogens with one attached hydrogen (secondary N) is 2. The van der Waals surface area contributed by atoms with Gasteiger partial charge in [-0.15, -0.1) is 10.2 Å². The molecule has 0 saturated heterocycles. The van der Waals surface area contributed by atoms with Gasteiger partial charge >= 0.3 is 0 Å². The number of hydrogen-bond acceptors (Lipinski definition) is 3. The zero-order valence-electron chi connectivity index (χ0n) is 15.8. The lowest BCUT2D eigenvalue weighted by Crippen LogP contribution is -2.38. The summed E-state index contributed by atoms with van der Waals surface area (Å²) in [6.45, 7) is 4.30. The molecule has 2 aromatic heterocycles. The number of aromatic nitrogens is 3. The SMILES string of the molecule is CCNC(=NCCCc1ccc(Cl)cc1Cl)NCCc1nnc2ccccn12. The highest BCUT2D eigenvalue weighted by Gasteiger charge is 2.05. The molecule has 0 radical (unpaired) electrons. The Bertz CT molecular complexity index is 937. The predicted molar refractivity (Wildman–Crippen MR) is 115 cm³/mol. The Kier molecular flexibility index (Phi) is 7.51. The first-order chi connectivity index (χ1) is 13.7. The molecule has 1 aromatic carbocycles. The minimum atomic E-state index is 0.658. The maximum absolute atomic E-state index is 6.22. The van der Waals surface area contributed by atoms with Crippen molar-refractivity contribution in [3.05, 3.63) is 64.0 Å². The van der Waals surface area contributed by atoms with Crippen LogP contribution in [-0.4, -0.2) is 40.2 Å². The van der Waals surface area contributed by atoms with Crippen LogP contribution < -0.4 is 10.6 Å². The summed E-state index contributed by atoms with van der Waals surface area (Å²) in [5.41, 5.74) is 1.96. The number of hydrogen-bond donors (Lipinski definition) is 2. The minimum absolute atomic E-state index is 0.658. The van der Waals surface area contributed by atoms with Crippen LogP contribution >= 0.6 is 23.2 Å². The Hall–Kier alpha value is -2.31. The molecule has 0 fully saturated rings. The van der Waals surface area contributed by atoms with E-state index >= 15 is 0 Å². The summed E-state index contributed by atoms with van der Waals surface area (Å²) in [6.07, 6.45) is 4.51. The third kappa shape index (κ3) is 5.59. The van der Waals surface area contributed by atoms with Crippen LogP contribution in [0, 0.1) is 0 Å². The predicted octanol–water partition coefficient (Wildman–Crippen LogP) is 3.77. The number of rotatable bonds is 8. The van der Waals surface area contributed by atoms with Crippen LogP contribution in [0.2, 0.25) is 10.0 Å². The van der Waals surface area contributed by atoms with Crippen molar-refractivity contribution in [2.24, 2.45) is 4.99 Å². The summed E-state index contributed by atoms with van der Waals surface area (Å²) in [5, 5.41) is 16.4. The van der Waals surface area contributed by atoms with Crippen LogP contribution in [0.5, 0.6) is 0 Å². The molecule has 28 heavy (non-hydrogen) atoms. The second kappa shape index (κ2) is 10.3. The molecule has 0 aliphatic carbocycles. The monoisotopic (exact) mass is 418 g/mol. The molecule has 0 saturated carbocycles. The van der Waals surface area contributed by atoms with Crippen LogP contribution in [0.1, 0.15) is 24.7 Å². The third-order valence-electron chi connectivity index (χ3n) is 4.26. The number of nitrogens with zero attached hydrogens (tertiary/aromatic N) is 4. The Morgan fingerprint density at radius 1 is 1.11 bits per heavy atom. The zero-order valence-corrected chi connectivity index (χ0v) is 17.3. The molecule has 0 bridgehead atoms. The molecule has 0 amide bonds. The summed E-state index contributed by atoms with van der Waals surface area (Å²) in [6, 6.07) is 11.5. The van der Waals surface area contributed by atoms with Gasteiger partial charge in [-0.25, -0.2) is 0 Å². The van der Waals surface area contributed by atoms with E-state index in [9.17, 15) is 0 Å². The molecule has 3 aromatic rings. The Balaban J connectivity index is 1.48. The summed E-state index contributed by atoms with van der Waals surface area (Å²) in [7, 11) is 0. The first kappa shape index (κ1) is 20.4. The van der Waals surface area contributed by atoms with Crippen molar-refractivity contribution in [3.63, 3.8) is 0 Å². The van der Waals surface area contributed by atoms with Crippen molar-refractivity contribution in [1.82, 2.24) is 25.2 Å². The molecule has 0 aliphatic heterocycles. The van der Waals surface area contributed by atoms with E-state index in [1.165, 1.54) is 0 Å². The Morgan fingerprint density at radius 2 is 2.00 bits per heavy atom. The minimum Gasteiger partial charge on any atom is -0.357 e. The summed E-state index contributed by atoms with van der Waals surface area (Å²) in [5.74, 6) is 1.73. The maximum atomic E-state index is 6.22. The fourth-order valence-corrected chi connectivity index (χ4v) is 3.38. The van der Waals surface area contributed by atoms with Gasteiger partial charge in [0.2, 0.25) is 0 Å². The van der Waals surface area contributed by atoms with Gasteiger partial charge in [0.1, 0.15) is 5.82 Å². The number of benzene rings is 1. The highest BCUT2D eigenvalue weighted by molar-refractivity contribution is 6.35. The number of aliphatic imine (C=N–C) groups is 1. The van der Waals surface area contributed by atoms with Crippen molar-refractivity contribution in [2.75, 3.05) is 19.6 Å². The average Bonchev–Trinajstić information content (AvgIpc) is 3.10. The molecule has 8 heteroatoms. The van der Waals surface area contributed by atoms with Crippen molar-refractivity contribution >= 4 is 34.8 Å². The molecule has 0 atom stereocenters. The van der Waals surface area contributed by atoms with Crippen LogP contribution in [0.25, 0.3) is 5.65 Å². The number of pyridine rings is 1. The second-order valence-electron chi connectivity index (χ2n) is 6.32. The van der Waals surface area contributed by atoms with E-state index in [2.05, 4.69) is 32.7 Å². The van der Waals surface area contributed by atoms with E-state index in [0.29, 0.717) is 16.6 Å². The fraction of sp³-hybridized carbons (Fsp3) is 0.350. The number of aryl methyl sites for hydroxylation is 1. The lowest BCUT2D eigenvalue weighted by Gasteiger charge is -2.11. The highest BCUT2D eigenvalue weighted by atomic mass is 35.5. The van der Waals surface area contributed by atoms with Gasteiger partial charge in [0.15, 0.2) is 11.6 Å². The number of fused-ring (bicyclic) bond motifs is 1. The summed E-state index contributed by atoms with van der Waals surface area (Å²) >= 11 is 12.2. The normalized spacial score (nSPS) is 11.8. The molecule has 2 heterocycles. The van der Waals surface area contributed by atoms with Gasteiger partial charge in [-0.1, -0.05) is 35.3 Å². The molecule has 0 unspecified atom stereocenters. The smallest absolute Gasteiger partial charge is 0.191 e. The van der Waals surface area contributed by atoms with Gasteiger partial charge in [-0.2, -0.15) is 0 Å². The lowest BCUT2D eigenvalue weighted by molar-refractivity contribution is 0.753. The van der Waals surface area contributed by atoms with Crippen molar-refractivity contribution in [1.29, 1.82) is 0 Å². The Morgan fingerprint density at radius 3 is 2.82 bits per heavy atom. The Labute approximate surface area is 175 Å². The van der Waals surface area contributed by atoms with E-state index in [4.69, 9.17) is 23.2 Å². The van der Waals surface area contributed by atoms with Crippen LogP contribution in [-0.2, 0) is 12.8 Å². The second-order valence-corrected chi connectivity index (χ2v) is 7.17. The largest absolute Gasteiger partial charge is 0.357 e. The van der Waals surface area contributed by atoms with Gasteiger partial charge in [-0.3, -0.25) is 9.39 Å². The molecule has 0 aliphatic rings. The highest BCUT2D eigenvalue weighted by Crippen LogP contribution is 2.21. The first-order valence-electron chi connectivity index (χ1n) is 9.42. The van der Waals surface area contributed by atoms with Crippen molar-refractivity contribution in [3.8, 4) is 0 Å². The van der Waals surface area contributed by atoms with Crippen LogP contribution in [0.15, 0.2) is 47.6 Å². The lowest BCUT2D eigenvalue weighted by atomic mass is 10.1. The molecule has 3 rings (SSSR count). The maximum Gasteiger partial charge on any atom is 0.191 e. The van der Waals surface area contributed by atoms with Crippen molar-refractivity contribution in [2.45, 2.75) is 26.2 Å². The topological polar surface area (TPSA) is 66.6 Å². The van der Waals surface area contributed by atoms with E-state index < -0.39 is 0 Å².